The second kappa shape index (κ2) is 6.63. The van der Waals surface area contributed by atoms with Gasteiger partial charge in [0.15, 0.2) is 0 Å². The first-order chi connectivity index (χ1) is 6.38. The third kappa shape index (κ3) is 3.84. The van der Waals surface area contributed by atoms with Crippen LogP contribution in [-0.4, -0.2) is 41.6 Å². The second-order valence-electron chi connectivity index (χ2n) is 3.74. The summed E-state index contributed by atoms with van der Waals surface area (Å²) in [5.74, 6) is 0.677. The van der Waals surface area contributed by atoms with Gasteiger partial charge < -0.3 is 5.11 Å². The Balaban J connectivity index is 2.32. The van der Waals surface area contributed by atoms with Crippen LogP contribution in [0.15, 0.2) is 0 Å². The van der Waals surface area contributed by atoms with Gasteiger partial charge in [0.1, 0.15) is 0 Å². The zero-order chi connectivity index (χ0) is 9.52. The highest BCUT2D eigenvalue weighted by atomic mass is 35.5. The maximum Gasteiger partial charge on any atom is 0.0558 e. The van der Waals surface area contributed by atoms with Gasteiger partial charge in [-0.05, 0) is 12.8 Å². The van der Waals surface area contributed by atoms with Gasteiger partial charge in [0.25, 0.3) is 0 Å². The molecule has 0 unspecified atom stereocenters. The van der Waals surface area contributed by atoms with Crippen molar-refractivity contribution < 1.29 is 5.11 Å². The summed E-state index contributed by atoms with van der Waals surface area (Å²) in [6, 6.07) is 0.680. The van der Waals surface area contributed by atoms with E-state index in [2.05, 4.69) is 4.90 Å². The molecule has 1 rings (SSSR count). The van der Waals surface area contributed by atoms with Crippen molar-refractivity contribution in [1.82, 2.24) is 4.90 Å². The molecule has 1 saturated carbocycles. The van der Waals surface area contributed by atoms with Crippen molar-refractivity contribution in [2.24, 2.45) is 0 Å². The topological polar surface area (TPSA) is 23.5 Å². The smallest absolute Gasteiger partial charge is 0.0558 e. The SMILES string of the molecule is OCCN(CCCl)C1CCCCC1. The molecule has 0 atom stereocenters. The van der Waals surface area contributed by atoms with E-state index in [0.717, 1.165) is 13.1 Å². The van der Waals surface area contributed by atoms with Crippen LogP contribution >= 0.6 is 11.6 Å². The van der Waals surface area contributed by atoms with E-state index >= 15 is 0 Å². The van der Waals surface area contributed by atoms with E-state index in [9.17, 15) is 0 Å². The van der Waals surface area contributed by atoms with Crippen LogP contribution in [0, 0.1) is 0 Å². The Morgan fingerprint density at radius 2 is 1.85 bits per heavy atom. The molecule has 1 N–H and O–H groups in total. The van der Waals surface area contributed by atoms with Crippen molar-refractivity contribution >= 4 is 11.6 Å². The van der Waals surface area contributed by atoms with Gasteiger partial charge in [-0.3, -0.25) is 4.90 Å². The summed E-state index contributed by atoms with van der Waals surface area (Å²) in [5, 5.41) is 8.91. The highest BCUT2D eigenvalue weighted by Gasteiger charge is 2.19. The van der Waals surface area contributed by atoms with Gasteiger partial charge in [-0.15, -0.1) is 11.6 Å². The van der Waals surface area contributed by atoms with Crippen molar-refractivity contribution in [3.63, 3.8) is 0 Å². The van der Waals surface area contributed by atoms with E-state index in [0.29, 0.717) is 11.9 Å². The minimum atomic E-state index is 0.257. The molecule has 0 saturated heterocycles. The molecule has 1 aliphatic carbocycles. The Hall–Kier alpha value is 0.210. The van der Waals surface area contributed by atoms with Crippen LogP contribution in [0.3, 0.4) is 0 Å². The first kappa shape index (κ1) is 11.3. The molecule has 0 radical (unpaired) electrons. The van der Waals surface area contributed by atoms with Gasteiger partial charge in [0, 0.05) is 25.0 Å². The van der Waals surface area contributed by atoms with Crippen molar-refractivity contribution in [3.05, 3.63) is 0 Å². The molecule has 0 aliphatic heterocycles. The summed E-state index contributed by atoms with van der Waals surface area (Å²) >= 11 is 5.73. The van der Waals surface area contributed by atoms with Crippen molar-refractivity contribution in [1.29, 1.82) is 0 Å². The molecule has 78 valence electrons. The minimum absolute atomic E-state index is 0.257. The fourth-order valence-corrected chi connectivity index (χ4v) is 2.38. The lowest BCUT2D eigenvalue weighted by molar-refractivity contribution is 0.131. The van der Waals surface area contributed by atoms with Crippen LogP contribution in [0.25, 0.3) is 0 Å². The predicted molar refractivity (Wildman–Crippen MR) is 56.3 cm³/mol. The quantitative estimate of drug-likeness (QED) is 0.693. The third-order valence-corrected chi connectivity index (χ3v) is 3.02. The molecule has 1 fully saturated rings. The van der Waals surface area contributed by atoms with Crippen LogP contribution in [0.1, 0.15) is 32.1 Å². The normalized spacial score (nSPS) is 19.6. The lowest BCUT2D eigenvalue weighted by Crippen LogP contribution is -2.39. The van der Waals surface area contributed by atoms with Crippen molar-refractivity contribution in [2.45, 2.75) is 38.1 Å². The Kier molecular flexibility index (Phi) is 5.76. The van der Waals surface area contributed by atoms with E-state index in [4.69, 9.17) is 16.7 Å². The van der Waals surface area contributed by atoms with Crippen LogP contribution in [-0.2, 0) is 0 Å². The standard InChI is InChI=1S/C10H20ClNO/c11-6-7-12(8-9-13)10-4-2-1-3-5-10/h10,13H,1-9H2. The molecule has 0 aromatic carbocycles. The highest BCUT2D eigenvalue weighted by Crippen LogP contribution is 2.22. The average Bonchev–Trinajstić information content (AvgIpc) is 2.19. The summed E-state index contributed by atoms with van der Waals surface area (Å²) in [7, 11) is 0. The Bertz CT molecular complexity index is 120. The molecule has 3 heteroatoms. The van der Waals surface area contributed by atoms with E-state index in [-0.39, 0.29) is 6.61 Å². The van der Waals surface area contributed by atoms with Gasteiger partial charge in [0.05, 0.1) is 6.61 Å². The van der Waals surface area contributed by atoms with Gasteiger partial charge in [-0.25, -0.2) is 0 Å². The van der Waals surface area contributed by atoms with E-state index in [1.165, 1.54) is 32.1 Å². The fraction of sp³-hybridized carbons (Fsp3) is 1.00. The monoisotopic (exact) mass is 205 g/mol. The van der Waals surface area contributed by atoms with E-state index in [1.54, 1.807) is 0 Å². The molecule has 0 aromatic rings. The summed E-state index contributed by atoms with van der Waals surface area (Å²) in [4.78, 5) is 2.34. The van der Waals surface area contributed by atoms with E-state index in [1.807, 2.05) is 0 Å². The lowest BCUT2D eigenvalue weighted by Gasteiger charge is -2.33. The maximum atomic E-state index is 8.91. The summed E-state index contributed by atoms with van der Waals surface area (Å²) in [6.07, 6.45) is 6.64. The number of rotatable bonds is 5. The molecule has 0 amide bonds. The van der Waals surface area contributed by atoms with Gasteiger partial charge in [-0.2, -0.15) is 0 Å². The Labute approximate surface area is 85.9 Å². The molecule has 0 aromatic heterocycles. The number of hydrogen-bond donors (Lipinski definition) is 1. The molecule has 0 heterocycles. The predicted octanol–water partition coefficient (Wildman–Crippen LogP) is 1.85. The van der Waals surface area contributed by atoms with Gasteiger partial charge in [-0.1, -0.05) is 19.3 Å². The van der Waals surface area contributed by atoms with E-state index < -0.39 is 0 Å². The number of alkyl halides is 1. The summed E-state index contributed by atoms with van der Waals surface area (Å²) < 4.78 is 0. The zero-order valence-corrected chi connectivity index (χ0v) is 8.97. The molecule has 13 heavy (non-hydrogen) atoms. The van der Waals surface area contributed by atoms with Gasteiger partial charge in [0.2, 0.25) is 0 Å². The molecular formula is C10H20ClNO. The average molecular weight is 206 g/mol. The highest BCUT2D eigenvalue weighted by molar-refractivity contribution is 6.18. The molecule has 0 bridgehead atoms. The lowest BCUT2D eigenvalue weighted by atomic mass is 9.94. The number of nitrogens with zero attached hydrogens (tertiary/aromatic N) is 1. The van der Waals surface area contributed by atoms with Crippen LogP contribution in [0.4, 0.5) is 0 Å². The van der Waals surface area contributed by atoms with Gasteiger partial charge >= 0.3 is 0 Å². The number of hydrogen-bond acceptors (Lipinski definition) is 2. The maximum absolute atomic E-state index is 8.91. The first-order valence-electron chi connectivity index (χ1n) is 5.29. The molecule has 2 nitrogen and oxygen atoms in total. The van der Waals surface area contributed by atoms with Crippen molar-refractivity contribution in [3.8, 4) is 0 Å². The number of halogens is 1. The third-order valence-electron chi connectivity index (χ3n) is 2.85. The molecule has 0 spiro atoms. The zero-order valence-electron chi connectivity index (χ0n) is 8.21. The number of aliphatic hydroxyl groups is 1. The summed E-state index contributed by atoms with van der Waals surface area (Å²) in [5.41, 5.74) is 0. The fourth-order valence-electron chi connectivity index (χ4n) is 2.16. The summed E-state index contributed by atoms with van der Waals surface area (Å²) in [6.45, 7) is 1.97. The second-order valence-corrected chi connectivity index (χ2v) is 4.12. The van der Waals surface area contributed by atoms with Crippen LogP contribution in [0.5, 0.6) is 0 Å². The molecular weight excluding hydrogens is 186 g/mol. The van der Waals surface area contributed by atoms with Crippen molar-refractivity contribution in [2.75, 3.05) is 25.6 Å². The first-order valence-corrected chi connectivity index (χ1v) is 5.83. The van der Waals surface area contributed by atoms with Crippen LogP contribution < -0.4 is 0 Å². The largest absolute Gasteiger partial charge is 0.395 e. The van der Waals surface area contributed by atoms with Crippen LogP contribution in [0.2, 0.25) is 0 Å². The minimum Gasteiger partial charge on any atom is -0.395 e. The number of aliphatic hydroxyl groups excluding tert-OH is 1. The molecule has 1 aliphatic rings. The Morgan fingerprint density at radius 1 is 1.15 bits per heavy atom. The Morgan fingerprint density at radius 3 is 2.38 bits per heavy atom.